The van der Waals surface area contributed by atoms with Gasteiger partial charge < -0.3 is 0 Å². The fourth-order valence-corrected chi connectivity index (χ4v) is 2.47. The zero-order chi connectivity index (χ0) is 8.10. The molecule has 0 spiro atoms. The lowest BCUT2D eigenvalue weighted by atomic mass is 10.2. The monoisotopic (exact) mass is 162 g/mol. The first-order valence-electron chi connectivity index (χ1n) is 4.38. The number of rotatable bonds is 3. The molecule has 0 aliphatic heterocycles. The minimum Gasteiger partial charge on any atom is -0.116 e. The van der Waals surface area contributed by atoms with Gasteiger partial charge in [0, 0.05) is 0 Å². The highest BCUT2D eigenvalue weighted by Crippen LogP contribution is 1.93. The fourth-order valence-electron chi connectivity index (χ4n) is 1.14. The van der Waals surface area contributed by atoms with Crippen LogP contribution >= 0.6 is 0 Å². The summed E-state index contributed by atoms with van der Waals surface area (Å²) in [6.07, 6.45) is 1.35. The van der Waals surface area contributed by atoms with E-state index in [9.17, 15) is 0 Å². The number of hydrogen-bond donors (Lipinski definition) is 0. The van der Waals surface area contributed by atoms with Crippen molar-refractivity contribution in [2.24, 2.45) is 0 Å². The molecule has 0 atom stereocenters. The summed E-state index contributed by atoms with van der Waals surface area (Å²) in [6.45, 7) is 4.41. The molecule has 1 aromatic carbocycles. The average molecular weight is 162 g/mol. The Balaban J connectivity index is 2.52. The van der Waals surface area contributed by atoms with Crippen LogP contribution in [0, 0.1) is 6.92 Å². The third-order valence-corrected chi connectivity index (χ3v) is 4.05. The highest BCUT2D eigenvalue weighted by atomic mass is 27.1. The van der Waals surface area contributed by atoms with E-state index in [2.05, 4.69) is 38.1 Å². The van der Waals surface area contributed by atoms with Gasteiger partial charge in [-0.2, -0.15) is 0 Å². The number of benzene rings is 1. The summed E-state index contributed by atoms with van der Waals surface area (Å²) in [6, 6.07) is 9.02. The molecular formula is C10H15Al. The van der Waals surface area contributed by atoms with Gasteiger partial charge in [-0.1, -0.05) is 48.5 Å². The minimum absolute atomic E-state index is 0.0726. The maximum Gasteiger partial charge on any atom is 0.282 e. The molecule has 0 radical (unpaired) electrons. The van der Waals surface area contributed by atoms with Crippen molar-refractivity contribution in [1.82, 2.24) is 0 Å². The van der Waals surface area contributed by atoms with Gasteiger partial charge in [0.1, 0.15) is 0 Å². The largest absolute Gasteiger partial charge is 0.282 e. The van der Waals surface area contributed by atoms with Gasteiger partial charge in [-0.15, -0.1) is 4.43 Å². The molecule has 1 rings (SSSR count). The van der Waals surface area contributed by atoms with Gasteiger partial charge in [-0.05, 0) is 6.92 Å². The van der Waals surface area contributed by atoms with E-state index in [1.807, 2.05) is 0 Å². The Morgan fingerprint density at radius 2 is 1.82 bits per heavy atom. The van der Waals surface area contributed by atoms with Crippen molar-refractivity contribution < 1.29 is 0 Å². The van der Waals surface area contributed by atoms with E-state index in [0.717, 1.165) is 0 Å². The third-order valence-electron chi connectivity index (χ3n) is 1.94. The first kappa shape index (κ1) is 8.85. The van der Waals surface area contributed by atoms with Crippen molar-refractivity contribution in [3.8, 4) is 0 Å². The molecule has 0 saturated carbocycles. The van der Waals surface area contributed by atoms with Gasteiger partial charge >= 0.3 is 0 Å². The molecule has 0 amide bonds. The van der Waals surface area contributed by atoms with E-state index >= 15 is 0 Å². The van der Waals surface area contributed by atoms with Crippen LogP contribution in [-0.2, 0) is 0 Å². The highest BCUT2D eigenvalue weighted by molar-refractivity contribution is 6.53. The van der Waals surface area contributed by atoms with Crippen LogP contribution in [0.25, 0.3) is 0 Å². The highest BCUT2D eigenvalue weighted by Gasteiger charge is 1.94. The average Bonchev–Trinajstić information content (AvgIpc) is 2.04. The number of hydrogen-bond acceptors (Lipinski definition) is 0. The molecule has 0 saturated heterocycles. The van der Waals surface area contributed by atoms with E-state index in [4.69, 9.17) is 0 Å². The lowest BCUT2D eigenvalue weighted by Crippen LogP contribution is -2.12. The third kappa shape index (κ3) is 3.10. The lowest BCUT2D eigenvalue weighted by Gasteiger charge is -1.96. The minimum atomic E-state index is 0.0726. The second kappa shape index (κ2) is 4.59. The van der Waals surface area contributed by atoms with E-state index in [1.165, 1.54) is 17.3 Å². The molecule has 11 heavy (non-hydrogen) atoms. The van der Waals surface area contributed by atoms with Crippen molar-refractivity contribution >= 4 is 19.6 Å². The molecule has 1 heteroatoms. The Kier molecular flexibility index (Phi) is 3.69. The predicted octanol–water partition coefficient (Wildman–Crippen LogP) is 1.89. The molecule has 0 fully saturated rings. The van der Waals surface area contributed by atoms with E-state index in [1.54, 1.807) is 4.43 Å². The van der Waals surface area contributed by atoms with Crippen molar-refractivity contribution in [2.45, 2.75) is 25.6 Å². The molecular weight excluding hydrogens is 147 g/mol. The molecule has 0 aliphatic rings. The smallest absolute Gasteiger partial charge is 0.116 e. The first-order valence-corrected chi connectivity index (χ1v) is 6.09. The lowest BCUT2D eigenvalue weighted by molar-refractivity contribution is 1.08. The maximum absolute atomic E-state index is 2.29. The Labute approximate surface area is 75.3 Å². The van der Waals surface area contributed by atoms with Crippen LogP contribution in [0.5, 0.6) is 0 Å². The Hall–Kier alpha value is -0.248. The van der Waals surface area contributed by atoms with Gasteiger partial charge in [0.25, 0.3) is 15.2 Å². The van der Waals surface area contributed by atoms with Gasteiger partial charge in [-0.25, -0.2) is 0 Å². The number of aryl methyl sites for hydroxylation is 1. The van der Waals surface area contributed by atoms with Crippen LogP contribution in [0.1, 0.15) is 18.9 Å². The maximum atomic E-state index is 2.29. The summed E-state index contributed by atoms with van der Waals surface area (Å²) in [5, 5.41) is 1.45. The van der Waals surface area contributed by atoms with Crippen molar-refractivity contribution in [1.29, 1.82) is 0 Å². The molecule has 0 nitrogen and oxygen atoms in total. The Morgan fingerprint density at radius 1 is 1.18 bits per heavy atom. The van der Waals surface area contributed by atoms with Crippen LogP contribution < -0.4 is 4.43 Å². The standard InChI is InChI=1S/C7H7.C3H7.Al.H/c1-7-5-3-2-4-6-7;1-3-2;;/h3-6H,1H3;1,3H2,2H3;;. The van der Waals surface area contributed by atoms with Gasteiger partial charge in [0.15, 0.2) is 0 Å². The predicted molar refractivity (Wildman–Crippen MR) is 53.1 cm³/mol. The summed E-state index contributed by atoms with van der Waals surface area (Å²) in [5.74, 6) is 0. The van der Waals surface area contributed by atoms with Crippen LogP contribution in [-0.4, -0.2) is 15.2 Å². The van der Waals surface area contributed by atoms with Gasteiger partial charge in [0.2, 0.25) is 0 Å². The van der Waals surface area contributed by atoms with Crippen molar-refractivity contribution in [3.63, 3.8) is 0 Å². The summed E-state index contributed by atoms with van der Waals surface area (Å²) >= 11 is 0.0726. The fraction of sp³-hybridized carbons (Fsp3) is 0.400. The summed E-state index contributed by atoms with van der Waals surface area (Å²) in [7, 11) is 0. The van der Waals surface area contributed by atoms with Crippen molar-refractivity contribution in [2.75, 3.05) is 0 Å². The Bertz CT molecular complexity index is 201. The van der Waals surface area contributed by atoms with E-state index in [-0.39, 0.29) is 15.2 Å². The van der Waals surface area contributed by atoms with Crippen LogP contribution in [0.2, 0.25) is 5.28 Å². The van der Waals surface area contributed by atoms with Crippen LogP contribution in [0.4, 0.5) is 0 Å². The molecule has 0 heterocycles. The van der Waals surface area contributed by atoms with Gasteiger partial charge in [0.05, 0.1) is 0 Å². The Morgan fingerprint density at radius 3 is 2.36 bits per heavy atom. The van der Waals surface area contributed by atoms with Crippen LogP contribution in [0.3, 0.4) is 0 Å². The molecule has 58 valence electrons. The normalized spacial score (nSPS) is 9.64. The summed E-state index contributed by atoms with van der Waals surface area (Å²) in [4.78, 5) is 0. The molecule has 0 aromatic heterocycles. The zero-order valence-electron chi connectivity index (χ0n) is 7.43. The summed E-state index contributed by atoms with van der Waals surface area (Å²) in [5.41, 5.74) is 1.37. The van der Waals surface area contributed by atoms with Gasteiger partial charge in [-0.3, -0.25) is 0 Å². The molecule has 0 bridgehead atoms. The van der Waals surface area contributed by atoms with Crippen LogP contribution in [0.15, 0.2) is 24.3 Å². The summed E-state index contributed by atoms with van der Waals surface area (Å²) < 4.78 is 1.61. The second-order valence-electron chi connectivity index (χ2n) is 3.09. The molecule has 0 N–H and O–H groups in total. The quantitative estimate of drug-likeness (QED) is 0.595. The molecule has 0 unspecified atom stereocenters. The topological polar surface area (TPSA) is 0 Å². The molecule has 0 aliphatic carbocycles. The zero-order valence-corrected chi connectivity index (χ0v) is 8.84. The SMILES string of the molecule is CC[CH2][AlH][c]1ccc(C)cc1. The molecule has 1 aromatic rings. The van der Waals surface area contributed by atoms with E-state index in [0.29, 0.717) is 0 Å². The van der Waals surface area contributed by atoms with E-state index < -0.39 is 0 Å². The first-order chi connectivity index (χ1) is 5.33. The van der Waals surface area contributed by atoms with Crippen molar-refractivity contribution in [3.05, 3.63) is 29.8 Å². The second-order valence-corrected chi connectivity index (χ2v) is 5.11.